The van der Waals surface area contributed by atoms with Gasteiger partial charge in [-0.3, -0.25) is 4.79 Å². The molecule has 0 aromatic carbocycles. The molecule has 0 bridgehead atoms. The van der Waals surface area contributed by atoms with Crippen LogP contribution in [0.2, 0.25) is 0 Å². The molecule has 2 fully saturated rings. The average molecular weight is 300 g/mol. The number of amides is 1. The van der Waals surface area contributed by atoms with Gasteiger partial charge in [0.2, 0.25) is 5.95 Å². The van der Waals surface area contributed by atoms with Crippen LogP contribution in [0.1, 0.15) is 61.5 Å². The zero-order valence-corrected chi connectivity index (χ0v) is 13.3. The highest BCUT2D eigenvalue weighted by Crippen LogP contribution is 2.31. The summed E-state index contributed by atoms with van der Waals surface area (Å²) in [5.74, 6) is 1.65. The molecule has 1 unspecified atom stereocenters. The van der Waals surface area contributed by atoms with Crippen LogP contribution in [0, 0.1) is 5.92 Å². The molecule has 2 aliphatic heterocycles. The summed E-state index contributed by atoms with van der Waals surface area (Å²) in [5.41, 5.74) is 1.65. The Balaban J connectivity index is 1.56. The van der Waals surface area contributed by atoms with E-state index in [1.165, 1.54) is 25.7 Å². The van der Waals surface area contributed by atoms with Crippen LogP contribution in [0.15, 0.2) is 6.20 Å². The summed E-state index contributed by atoms with van der Waals surface area (Å²) in [6.45, 7) is 5.02. The summed E-state index contributed by atoms with van der Waals surface area (Å²) in [6.07, 6.45) is 9.02. The molecule has 1 saturated carbocycles. The summed E-state index contributed by atoms with van der Waals surface area (Å²) in [6, 6.07) is 0.417. The standard InChI is InChI=1S/C17H24N4O/c1-12-5-4-8-20(10-12)17-18-9-14-15(19-17)11-21(16(14)22)13-6-2-3-7-13/h9,12-13H,2-8,10-11H2,1H3. The monoisotopic (exact) mass is 300 g/mol. The van der Waals surface area contributed by atoms with Gasteiger partial charge in [0.25, 0.3) is 5.91 Å². The van der Waals surface area contributed by atoms with Crippen molar-refractivity contribution >= 4 is 11.9 Å². The zero-order valence-electron chi connectivity index (χ0n) is 13.3. The van der Waals surface area contributed by atoms with Gasteiger partial charge in [-0.2, -0.15) is 0 Å². The number of nitrogens with zero attached hydrogens (tertiary/aromatic N) is 4. The van der Waals surface area contributed by atoms with Crippen LogP contribution in [0.3, 0.4) is 0 Å². The Kier molecular flexibility index (Phi) is 3.51. The first-order chi connectivity index (χ1) is 10.7. The molecule has 118 valence electrons. The number of fused-ring (bicyclic) bond motifs is 1. The van der Waals surface area contributed by atoms with Crippen LogP contribution >= 0.6 is 0 Å². The van der Waals surface area contributed by atoms with E-state index < -0.39 is 0 Å². The maximum Gasteiger partial charge on any atom is 0.257 e. The molecule has 4 rings (SSSR count). The summed E-state index contributed by atoms with van der Waals surface area (Å²) < 4.78 is 0. The molecule has 1 saturated heterocycles. The second-order valence-electron chi connectivity index (χ2n) is 7.10. The van der Waals surface area contributed by atoms with E-state index in [2.05, 4.69) is 16.8 Å². The van der Waals surface area contributed by atoms with Gasteiger partial charge in [0.15, 0.2) is 0 Å². The molecule has 1 aliphatic carbocycles. The van der Waals surface area contributed by atoms with Gasteiger partial charge in [-0.25, -0.2) is 9.97 Å². The molecule has 1 atom stereocenters. The van der Waals surface area contributed by atoms with Gasteiger partial charge in [-0.05, 0) is 31.6 Å². The largest absolute Gasteiger partial charge is 0.341 e. The number of carbonyl (C=O) groups is 1. The highest BCUT2D eigenvalue weighted by molar-refractivity contribution is 5.97. The van der Waals surface area contributed by atoms with Crippen LogP contribution in [0.25, 0.3) is 0 Å². The second-order valence-corrected chi connectivity index (χ2v) is 7.10. The Bertz CT molecular complexity index is 582. The molecule has 1 amide bonds. The van der Waals surface area contributed by atoms with E-state index in [-0.39, 0.29) is 5.91 Å². The molecule has 1 aromatic heterocycles. The van der Waals surface area contributed by atoms with Crippen molar-refractivity contribution in [2.24, 2.45) is 5.92 Å². The molecule has 22 heavy (non-hydrogen) atoms. The normalized spacial score (nSPS) is 25.9. The number of hydrogen-bond donors (Lipinski definition) is 0. The molecule has 3 heterocycles. The lowest BCUT2D eigenvalue weighted by molar-refractivity contribution is 0.0706. The third-order valence-corrected chi connectivity index (χ3v) is 5.37. The Hall–Kier alpha value is -1.65. The molecular weight excluding hydrogens is 276 g/mol. The van der Waals surface area contributed by atoms with E-state index in [0.29, 0.717) is 18.5 Å². The highest BCUT2D eigenvalue weighted by atomic mass is 16.2. The Labute approximate surface area is 131 Å². The lowest BCUT2D eigenvalue weighted by Crippen LogP contribution is -2.35. The molecule has 1 aromatic rings. The number of hydrogen-bond acceptors (Lipinski definition) is 4. The molecule has 3 aliphatic rings. The average Bonchev–Trinajstić information content (AvgIpc) is 3.15. The van der Waals surface area contributed by atoms with Crippen LogP contribution in [-0.2, 0) is 6.54 Å². The van der Waals surface area contributed by atoms with Crippen molar-refractivity contribution in [3.05, 3.63) is 17.5 Å². The summed E-state index contributed by atoms with van der Waals surface area (Å²) in [5, 5.41) is 0. The first-order valence-electron chi connectivity index (χ1n) is 8.64. The number of rotatable bonds is 2. The highest BCUT2D eigenvalue weighted by Gasteiger charge is 2.35. The van der Waals surface area contributed by atoms with Crippen molar-refractivity contribution in [3.8, 4) is 0 Å². The van der Waals surface area contributed by atoms with E-state index in [1.54, 1.807) is 6.20 Å². The molecule has 5 nitrogen and oxygen atoms in total. The van der Waals surface area contributed by atoms with Crippen LogP contribution in [0.4, 0.5) is 5.95 Å². The minimum absolute atomic E-state index is 0.139. The SMILES string of the molecule is CC1CCCN(c2ncc3c(n2)CN(C2CCCC2)C3=O)C1. The van der Waals surface area contributed by atoms with E-state index in [0.717, 1.165) is 43.1 Å². The first-order valence-corrected chi connectivity index (χ1v) is 8.64. The van der Waals surface area contributed by atoms with Gasteiger partial charge in [-0.15, -0.1) is 0 Å². The van der Waals surface area contributed by atoms with Crippen LogP contribution in [-0.4, -0.2) is 39.9 Å². The maximum atomic E-state index is 12.6. The second kappa shape index (κ2) is 5.52. The zero-order chi connectivity index (χ0) is 15.1. The van der Waals surface area contributed by atoms with Gasteiger partial charge in [0, 0.05) is 25.3 Å². The molecule has 0 N–H and O–H groups in total. The fraction of sp³-hybridized carbons (Fsp3) is 0.706. The van der Waals surface area contributed by atoms with E-state index in [1.807, 2.05) is 4.90 Å². The van der Waals surface area contributed by atoms with Crippen molar-refractivity contribution in [2.75, 3.05) is 18.0 Å². The molecule has 0 spiro atoms. The van der Waals surface area contributed by atoms with Gasteiger partial charge in [0.1, 0.15) is 0 Å². The van der Waals surface area contributed by atoms with Gasteiger partial charge >= 0.3 is 0 Å². The lowest BCUT2D eigenvalue weighted by atomic mass is 10.0. The summed E-state index contributed by atoms with van der Waals surface area (Å²) >= 11 is 0. The number of anilines is 1. The molecule has 5 heteroatoms. The van der Waals surface area contributed by atoms with E-state index in [9.17, 15) is 4.79 Å². The number of carbonyl (C=O) groups excluding carboxylic acids is 1. The van der Waals surface area contributed by atoms with E-state index in [4.69, 9.17) is 4.98 Å². The lowest BCUT2D eigenvalue weighted by Gasteiger charge is -2.30. The molecular formula is C17H24N4O. The van der Waals surface area contributed by atoms with Gasteiger partial charge < -0.3 is 9.80 Å². The van der Waals surface area contributed by atoms with Crippen molar-refractivity contribution in [2.45, 2.75) is 58.0 Å². The number of piperidine rings is 1. The summed E-state index contributed by atoms with van der Waals surface area (Å²) in [4.78, 5) is 26.1. The summed E-state index contributed by atoms with van der Waals surface area (Å²) in [7, 11) is 0. The fourth-order valence-corrected chi connectivity index (χ4v) is 4.13. The van der Waals surface area contributed by atoms with Crippen LogP contribution < -0.4 is 4.90 Å². The minimum atomic E-state index is 0.139. The predicted octanol–water partition coefficient (Wildman–Crippen LogP) is 2.61. The van der Waals surface area contributed by atoms with Gasteiger partial charge in [-0.1, -0.05) is 19.8 Å². The first kappa shape index (κ1) is 14.0. The molecule has 0 radical (unpaired) electrons. The maximum absolute atomic E-state index is 12.6. The smallest absolute Gasteiger partial charge is 0.257 e. The quantitative estimate of drug-likeness (QED) is 0.842. The Morgan fingerprint density at radius 3 is 2.77 bits per heavy atom. The Morgan fingerprint density at radius 1 is 1.18 bits per heavy atom. The third-order valence-electron chi connectivity index (χ3n) is 5.37. The van der Waals surface area contributed by atoms with Crippen LogP contribution in [0.5, 0.6) is 0 Å². The third kappa shape index (κ3) is 2.36. The Morgan fingerprint density at radius 2 is 2.00 bits per heavy atom. The number of aromatic nitrogens is 2. The topological polar surface area (TPSA) is 49.3 Å². The van der Waals surface area contributed by atoms with Crippen molar-refractivity contribution in [1.82, 2.24) is 14.9 Å². The fourth-order valence-electron chi connectivity index (χ4n) is 4.13. The predicted molar refractivity (Wildman–Crippen MR) is 84.8 cm³/mol. The van der Waals surface area contributed by atoms with Crippen molar-refractivity contribution < 1.29 is 4.79 Å². The minimum Gasteiger partial charge on any atom is -0.341 e. The van der Waals surface area contributed by atoms with Gasteiger partial charge in [0.05, 0.1) is 17.8 Å². The van der Waals surface area contributed by atoms with Crippen molar-refractivity contribution in [1.29, 1.82) is 0 Å². The van der Waals surface area contributed by atoms with E-state index >= 15 is 0 Å². The van der Waals surface area contributed by atoms with Crippen molar-refractivity contribution in [3.63, 3.8) is 0 Å².